The largest absolute Gasteiger partial charge is 0.379 e. The Labute approximate surface area is 165 Å². The summed E-state index contributed by atoms with van der Waals surface area (Å²) in [5.74, 6) is -0.282. The maximum atomic E-state index is 13.7. The molecule has 0 spiro atoms. The van der Waals surface area contributed by atoms with Crippen LogP contribution in [-0.2, 0) is 28.0 Å². The lowest BCUT2D eigenvalue weighted by Crippen LogP contribution is -2.49. The van der Waals surface area contributed by atoms with Crippen LogP contribution in [0.4, 0.5) is 4.39 Å². The second-order valence-electron chi connectivity index (χ2n) is 7.84. The molecule has 0 radical (unpaired) electrons. The van der Waals surface area contributed by atoms with Crippen molar-refractivity contribution in [1.82, 2.24) is 10.2 Å². The summed E-state index contributed by atoms with van der Waals surface area (Å²) in [5, 5.41) is 3.10. The Morgan fingerprint density at radius 2 is 1.82 bits per heavy atom. The van der Waals surface area contributed by atoms with Gasteiger partial charge in [0.1, 0.15) is 5.82 Å². The minimum Gasteiger partial charge on any atom is -0.379 e. The zero-order valence-electron chi connectivity index (χ0n) is 16.1. The standard InChI is InChI=1S/C23H27FN2O2/c24-21-7-2-6-20(15-21)23(8-3-9-23)22(27)25-16-18-4-1-5-19(14-18)17-26-10-12-28-13-11-26/h1-2,4-7,14-15H,3,8-13,16-17H2,(H,25,27). The lowest BCUT2D eigenvalue weighted by molar-refractivity contribution is -0.130. The first-order chi connectivity index (χ1) is 13.7. The molecule has 1 amide bonds. The van der Waals surface area contributed by atoms with Crippen molar-refractivity contribution in [2.24, 2.45) is 0 Å². The van der Waals surface area contributed by atoms with E-state index < -0.39 is 5.41 Å². The molecule has 2 aromatic rings. The first-order valence-corrected chi connectivity index (χ1v) is 10.1. The summed E-state index contributed by atoms with van der Waals surface area (Å²) in [6.07, 6.45) is 2.55. The molecule has 0 aromatic heterocycles. The maximum absolute atomic E-state index is 13.7. The van der Waals surface area contributed by atoms with Gasteiger partial charge in [0, 0.05) is 26.2 Å². The number of benzene rings is 2. The third-order valence-corrected chi connectivity index (χ3v) is 5.97. The second-order valence-corrected chi connectivity index (χ2v) is 7.84. The van der Waals surface area contributed by atoms with Gasteiger partial charge >= 0.3 is 0 Å². The van der Waals surface area contributed by atoms with Crippen LogP contribution in [0.5, 0.6) is 0 Å². The van der Waals surface area contributed by atoms with Crippen LogP contribution in [0, 0.1) is 5.82 Å². The topological polar surface area (TPSA) is 41.6 Å². The number of carbonyl (C=O) groups is 1. The Morgan fingerprint density at radius 1 is 1.07 bits per heavy atom. The predicted molar refractivity (Wildman–Crippen MR) is 106 cm³/mol. The van der Waals surface area contributed by atoms with Crippen LogP contribution < -0.4 is 5.32 Å². The number of hydrogen-bond donors (Lipinski definition) is 1. The monoisotopic (exact) mass is 382 g/mol. The third-order valence-electron chi connectivity index (χ3n) is 5.97. The molecule has 1 saturated carbocycles. The van der Waals surface area contributed by atoms with E-state index in [0.717, 1.165) is 63.2 Å². The summed E-state index contributed by atoms with van der Waals surface area (Å²) in [4.78, 5) is 15.4. The highest BCUT2D eigenvalue weighted by molar-refractivity contribution is 5.89. The van der Waals surface area contributed by atoms with Crippen LogP contribution in [0.3, 0.4) is 0 Å². The molecule has 1 aliphatic carbocycles. The van der Waals surface area contributed by atoms with Gasteiger partial charge in [-0.2, -0.15) is 0 Å². The molecule has 2 aliphatic rings. The molecule has 1 N–H and O–H groups in total. The van der Waals surface area contributed by atoms with E-state index in [0.29, 0.717) is 6.54 Å². The first kappa shape index (κ1) is 19.1. The molecular formula is C23H27FN2O2. The van der Waals surface area contributed by atoms with Crippen molar-refractivity contribution in [3.05, 3.63) is 71.0 Å². The molecule has 5 heteroatoms. The van der Waals surface area contributed by atoms with Crippen molar-refractivity contribution in [3.8, 4) is 0 Å². The molecule has 148 valence electrons. The summed E-state index contributed by atoms with van der Waals surface area (Å²) in [5.41, 5.74) is 2.55. The zero-order chi connectivity index (χ0) is 19.4. The Bertz CT molecular complexity index is 829. The van der Waals surface area contributed by atoms with Crippen molar-refractivity contribution in [1.29, 1.82) is 0 Å². The quantitative estimate of drug-likeness (QED) is 0.833. The lowest BCUT2D eigenvalue weighted by Gasteiger charge is -2.40. The van der Waals surface area contributed by atoms with E-state index in [2.05, 4.69) is 22.3 Å². The number of nitrogens with zero attached hydrogens (tertiary/aromatic N) is 1. The van der Waals surface area contributed by atoms with Crippen molar-refractivity contribution in [2.45, 2.75) is 37.8 Å². The Kier molecular flexibility index (Phi) is 5.74. The number of rotatable bonds is 6. The van der Waals surface area contributed by atoms with Gasteiger partial charge < -0.3 is 10.1 Å². The number of amides is 1. The summed E-state index contributed by atoms with van der Waals surface area (Å²) in [6, 6.07) is 14.8. The second kappa shape index (κ2) is 8.41. The number of carbonyl (C=O) groups excluding carboxylic acids is 1. The maximum Gasteiger partial charge on any atom is 0.230 e. The normalized spacial score (nSPS) is 19.0. The number of hydrogen-bond acceptors (Lipinski definition) is 3. The van der Waals surface area contributed by atoms with Crippen LogP contribution >= 0.6 is 0 Å². The van der Waals surface area contributed by atoms with Gasteiger partial charge in [-0.1, -0.05) is 42.8 Å². The van der Waals surface area contributed by atoms with Gasteiger partial charge in [-0.05, 0) is 41.7 Å². The van der Waals surface area contributed by atoms with Gasteiger partial charge in [0.05, 0.1) is 18.6 Å². The molecule has 4 rings (SSSR count). The number of morpholine rings is 1. The average molecular weight is 382 g/mol. The minimum atomic E-state index is -0.576. The van der Waals surface area contributed by atoms with Gasteiger partial charge in [-0.3, -0.25) is 9.69 Å². The molecule has 2 aromatic carbocycles. The molecule has 2 fully saturated rings. The lowest BCUT2D eigenvalue weighted by atomic mass is 9.64. The molecule has 0 bridgehead atoms. The molecule has 28 heavy (non-hydrogen) atoms. The highest BCUT2D eigenvalue weighted by Crippen LogP contribution is 2.44. The van der Waals surface area contributed by atoms with Gasteiger partial charge in [-0.15, -0.1) is 0 Å². The smallest absolute Gasteiger partial charge is 0.230 e. The predicted octanol–water partition coefficient (Wildman–Crippen LogP) is 3.40. The molecule has 1 saturated heterocycles. The van der Waals surface area contributed by atoms with E-state index in [-0.39, 0.29) is 11.7 Å². The number of ether oxygens (including phenoxy) is 1. The van der Waals surface area contributed by atoms with E-state index in [1.54, 1.807) is 6.07 Å². The van der Waals surface area contributed by atoms with Crippen molar-refractivity contribution < 1.29 is 13.9 Å². The van der Waals surface area contributed by atoms with Gasteiger partial charge in [0.2, 0.25) is 5.91 Å². The van der Waals surface area contributed by atoms with E-state index in [4.69, 9.17) is 4.74 Å². The van der Waals surface area contributed by atoms with E-state index in [1.807, 2.05) is 18.2 Å². The summed E-state index contributed by atoms with van der Waals surface area (Å²) >= 11 is 0. The fourth-order valence-electron chi connectivity index (χ4n) is 4.17. The average Bonchev–Trinajstić information content (AvgIpc) is 2.67. The first-order valence-electron chi connectivity index (χ1n) is 10.1. The molecule has 4 nitrogen and oxygen atoms in total. The van der Waals surface area contributed by atoms with Crippen molar-refractivity contribution in [3.63, 3.8) is 0 Å². The molecule has 1 aliphatic heterocycles. The van der Waals surface area contributed by atoms with E-state index in [9.17, 15) is 9.18 Å². The Balaban J connectivity index is 1.39. The van der Waals surface area contributed by atoms with Crippen molar-refractivity contribution in [2.75, 3.05) is 26.3 Å². The van der Waals surface area contributed by atoms with Crippen LogP contribution in [-0.4, -0.2) is 37.1 Å². The van der Waals surface area contributed by atoms with Crippen LogP contribution in [0.2, 0.25) is 0 Å². The Hall–Kier alpha value is -2.24. The summed E-state index contributed by atoms with van der Waals surface area (Å²) < 4.78 is 19.1. The van der Waals surface area contributed by atoms with Crippen LogP contribution in [0.1, 0.15) is 36.0 Å². The van der Waals surface area contributed by atoms with Gasteiger partial charge in [-0.25, -0.2) is 4.39 Å². The SMILES string of the molecule is O=C(NCc1cccc(CN2CCOCC2)c1)C1(c2cccc(F)c2)CCC1. The number of halogens is 1. The molecule has 0 atom stereocenters. The van der Waals surface area contributed by atoms with E-state index in [1.165, 1.54) is 17.7 Å². The molecular weight excluding hydrogens is 355 g/mol. The zero-order valence-corrected chi connectivity index (χ0v) is 16.1. The molecule has 0 unspecified atom stereocenters. The Morgan fingerprint density at radius 3 is 2.54 bits per heavy atom. The summed E-state index contributed by atoms with van der Waals surface area (Å²) in [6.45, 7) is 4.88. The van der Waals surface area contributed by atoms with E-state index >= 15 is 0 Å². The van der Waals surface area contributed by atoms with Crippen LogP contribution in [0.25, 0.3) is 0 Å². The third kappa shape index (κ3) is 4.10. The minimum absolute atomic E-state index is 0.00272. The fraction of sp³-hybridized carbons (Fsp3) is 0.435. The number of nitrogens with one attached hydrogen (secondary N) is 1. The molecule has 1 heterocycles. The summed E-state index contributed by atoms with van der Waals surface area (Å²) in [7, 11) is 0. The fourth-order valence-corrected chi connectivity index (χ4v) is 4.17. The van der Waals surface area contributed by atoms with Crippen molar-refractivity contribution >= 4 is 5.91 Å². The highest BCUT2D eigenvalue weighted by atomic mass is 19.1. The van der Waals surface area contributed by atoms with Gasteiger partial charge in [0.25, 0.3) is 0 Å². The van der Waals surface area contributed by atoms with Gasteiger partial charge in [0.15, 0.2) is 0 Å². The van der Waals surface area contributed by atoms with Crippen LogP contribution in [0.15, 0.2) is 48.5 Å². The highest BCUT2D eigenvalue weighted by Gasteiger charge is 2.45.